The molecule has 1 aliphatic rings. The first-order valence-corrected chi connectivity index (χ1v) is 8.10. The van der Waals surface area contributed by atoms with Gasteiger partial charge in [-0.15, -0.1) is 11.3 Å². The highest BCUT2D eigenvalue weighted by Crippen LogP contribution is 2.49. The monoisotopic (exact) mass is 285 g/mol. The van der Waals surface area contributed by atoms with Gasteiger partial charge in [0, 0.05) is 10.3 Å². The van der Waals surface area contributed by atoms with Gasteiger partial charge in [-0.25, -0.2) is 0 Å². The first-order valence-electron chi connectivity index (χ1n) is 7.22. The molecule has 1 aromatic carbocycles. The molecule has 0 saturated heterocycles. The van der Waals surface area contributed by atoms with Crippen LogP contribution in [0.3, 0.4) is 0 Å². The van der Waals surface area contributed by atoms with Gasteiger partial charge >= 0.3 is 0 Å². The first-order chi connectivity index (χ1) is 9.66. The van der Waals surface area contributed by atoms with Crippen LogP contribution in [0.1, 0.15) is 44.3 Å². The summed E-state index contributed by atoms with van der Waals surface area (Å²) in [5.74, 6) is 0.669. The van der Waals surface area contributed by atoms with Gasteiger partial charge in [-0.05, 0) is 48.4 Å². The van der Waals surface area contributed by atoms with E-state index < -0.39 is 11.5 Å². The molecule has 3 rings (SSSR count). The van der Waals surface area contributed by atoms with Crippen molar-refractivity contribution in [3.8, 4) is 6.07 Å². The standard InChI is InChI=1S/C17H19NOS/c1-12-6-8-17(11-18,9-7-12)16(19)14-10-20-15-5-3-2-4-13(14)15/h2-5,10,12,16,19H,6-9H2,1H3. The number of benzene rings is 1. The second-order valence-corrected chi connectivity index (χ2v) is 6.95. The topological polar surface area (TPSA) is 44.0 Å². The highest BCUT2D eigenvalue weighted by molar-refractivity contribution is 7.17. The van der Waals surface area contributed by atoms with E-state index in [4.69, 9.17) is 0 Å². The third-order valence-corrected chi connectivity index (χ3v) is 5.70. The predicted molar refractivity (Wildman–Crippen MR) is 82.5 cm³/mol. The van der Waals surface area contributed by atoms with Gasteiger partial charge in [0.1, 0.15) is 0 Å². The van der Waals surface area contributed by atoms with Crippen LogP contribution in [-0.2, 0) is 0 Å². The van der Waals surface area contributed by atoms with E-state index in [0.29, 0.717) is 5.92 Å². The Kier molecular flexibility index (Phi) is 3.54. The van der Waals surface area contributed by atoms with Crippen LogP contribution in [0, 0.1) is 22.7 Å². The molecule has 0 aliphatic heterocycles. The molecule has 0 spiro atoms. The van der Waals surface area contributed by atoms with Crippen molar-refractivity contribution >= 4 is 21.4 Å². The molecule has 1 heterocycles. The molecular formula is C17H19NOS. The first kappa shape index (κ1) is 13.6. The van der Waals surface area contributed by atoms with Crippen molar-refractivity contribution < 1.29 is 5.11 Å². The van der Waals surface area contributed by atoms with Crippen molar-refractivity contribution in [2.75, 3.05) is 0 Å². The van der Waals surface area contributed by atoms with E-state index in [1.165, 1.54) is 4.70 Å². The Morgan fingerprint density at radius 2 is 2.05 bits per heavy atom. The van der Waals surface area contributed by atoms with Gasteiger partial charge in [0.2, 0.25) is 0 Å². The van der Waals surface area contributed by atoms with Crippen LogP contribution in [0.4, 0.5) is 0 Å². The molecule has 0 amide bonds. The highest BCUT2D eigenvalue weighted by atomic mass is 32.1. The number of thiophene rings is 1. The summed E-state index contributed by atoms with van der Waals surface area (Å²) in [7, 11) is 0. The number of aliphatic hydroxyl groups excluding tert-OH is 1. The van der Waals surface area contributed by atoms with Crippen LogP contribution in [0.2, 0.25) is 0 Å². The van der Waals surface area contributed by atoms with Gasteiger partial charge in [0.05, 0.1) is 17.6 Å². The van der Waals surface area contributed by atoms with Crippen molar-refractivity contribution in [2.45, 2.75) is 38.7 Å². The van der Waals surface area contributed by atoms with Crippen molar-refractivity contribution in [1.82, 2.24) is 0 Å². The summed E-state index contributed by atoms with van der Waals surface area (Å²) in [4.78, 5) is 0. The Bertz CT molecular complexity index is 646. The molecule has 1 fully saturated rings. The molecule has 1 saturated carbocycles. The molecular weight excluding hydrogens is 266 g/mol. The Morgan fingerprint density at radius 1 is 1.35 bits per heavy atom. The molecule has 1 aromatic heterocycles. The lowest BCUT2D eigenvalue weighted by Crippen LogP contribution is -2.31. The van der Waals surface area contributed by atoms with Crippen LogP contribution in [0.25, 0.3) is 10.1 Å². The summed E-state index contributed by atoms with van der Waals surface area (Å²) in [5, 5.41) is 23.6. The minimum absolute atomic E-state index is 0.601. The fraction of sp³-hybridized carbons (Fsp3) is 0.471. The summed E-state index contributed by atoms with van der Waals surface area (Å²) >= 11 is 1.65. The minimum atomic E-state index is -0.670. The lowest BCUT2D eigenvalue weighted by molar-refractivity contribution is 0.0279. The second-order valence-electron chi connectivity index (χ2n) is 6.04. The maximum Gasteiger partial charge on any atom is 0.0990 e. The summed E-state index contributed by atoms with van der Waals surface area (Å²) in [5.41, 5.74) is 0.331. The van der Waals surface area contributed by atoms with Crippen molar-refractivity contribution in [3.05, 3.63) is 35.2 Å². The molecule has 1 N–H and O–H groups in total. The van der Waals surface area contributed by atoms with Crippen LogP contribution in [0.15, 0.2) is 29.6 Å². The number of fused-ring (bicyclic) bond motifs is 1. The van der Waals surface area contributed by atoms with Crippen molar-refractivity contribution in [2.24, 2.45) is 11.3 Å². The average molecular weight is 285 g/mol. The number of aliphatic hydroxyl groups is 1. The summed E-state index contributed by atoms with van der Waals surface area (Å²) in [6.45, 7) is 2.23. The third-order valence-electron chi connectivity index (χ3n) is 4.72. The third kappa shape index (κ3) is 2.13. The van der Waals surface area contributed by atoms with E-state index in [1.54, 1.807) is 11.3 Å². The SMILES string of the molecule is CC1CCC(C#N)(C(O)c2csc3ccccc23)CC1. The largest absolute Gasteiger partial charge is 0.387 e. The Morgan fingerprint density at radius 3 is 2.75 bits per heavy atom. The molecule has 1 aliphatic carbocycles. The van der Waals surface area contributed by atoms with E-state index in [1.807, 2.05) is 23.6 Å². The number of rotatable bonds is 2. The summed E-state index contributed by atoms with van der Waals surface area (Å²) in [6.07, 6.45) is 3.00. The van der Waals surface area contributed by atoms with Crippen molar-refractivity contribution in [1.29, 1.82) is 5.26 Å². The zero-order chi connectivity index (χ0) is 14.2. The van der Waals surface area contributed by atoms with Gasteiger partial charge in [-0.3, -0.25) is 0 Å². The lowest BCUT2D eigenvalue weighted by Gasteiger charge is -2.37. The van der Waals surface area contributed by atoms with Crippen molar-refractivity contribution in [3.63, 3.8) is 0 Å². The maximum atomic E-state index is 10.9. The van der Waals surface area contributed by atoms with Gasteiger partial charge in [-0.2, -0.15) is 5.26 Å². The lowest BCUT2D eigenvalue weighted by atomic mass is 9.67. The molecule has 20 heavy (non-hydrogen) atoms. The summed E-state index contributed by atoms with van der Waals surface area (Å²) in [6, 6.07) is 10.6. The molecule has 0 bridgehead atoms. The average Bonchev–Trinajstić information content (AvgIpc) is 2.91. The molecule has 0 radical (unpaired) electrons. The van der Waals surface area contributed by atoms with E-state index >= 15 is 0 Å². The molecule has 1 atom stereocenters. The Balaban J connectivity index is 1.99. The quantitative estimate of drug-likeness (QED) is 0.872. The van der Waals surface area contributed by atoms with Crippen LogP contribution >= 0.6 is 11.3 Å². The number of nitrogens with zero attached hydrogens (tertiary/aromatic N) is 1. The van der Waals surface area contributed by atoms with Gasteiger partial charge in [-0.1, -0.05) is 25.1 Å². The molecule has 2 nitrogen and oxygen atoms in total. The molecule has 2 aromatic rings. The Hall–Kier alpha value is -1.37. The van der Waals surface area contributed by atoms with Crippen LogP contribution < -0.4 is 0 Å². The highest BCUT2D eigenvalue weighted by Gasteiger charge is 2.42. The zero-order valence-corrected chi connectivity index (χ0v) is 12.5. The Labute approximate surface area is 123 Å². The predicted octanol–water partition coefficient (Wildman–Crippen LogP) is 4.65. The van der Waals surface area contributed by atoms with E-state index in [-0.39, 0.29) is 0 Å². The van der Waals surface area contributed by atoms with Gasteiger partial charge < -0.3 is 5.11 Å². The molecule has 3 heteroatoms. The van der Waals surface area contributed by atoms with Crippen LogP contribution in [-0.4, -0.2) is 5.11 Å². The summed E-state index contributed by atoms with van der Waals surface area (Å²) < 4.78 is 1.18. The smallest absolute Gasteiger partial charge is 0.0990 e. The number of hydrogen-bond donors (Lipinski definition) is 1. The van der Waals surface area contributed by atoms with Crippen LogP contribution in [0.5, 0.6) is 0 Å². The normalized spacial score (nSPS) is 28.1. The maximum absolute atomic E-state index is 10.9. The minimum Gasteiger partial charge on any atom is -0.387 e. The molecule has 104 valence electrons. The van der Waals surface area contributed by atoms with Gasteiger partial charge in [0.25, 0.3) is 0 Å². The van der Waals surface area contributed by atoms with E-state index in [9.17, 15) is 10.4 Å². The van der Waals surface area contributed by atoms with E-state index in [2.05, 4.69) is 19.1 Å². The number of hydrogen-bond acceptors (Lipinski definition) is 3. The fourth-order valence-corrected chi connectivity index (χ4v) is 4.21. The molecule has 1 unspecified atom stereocenters. The van der Waals surface area contributed by atoms with Gasteiger partial charge in [0.15, 0.2) is 0 Å². The fourth-order valence-electron chi connectivity index (χ4n) is 3.23. The van der Waals surface area contributed by atoms with E-state index in [0.717, 1.165) is 36.6 Å². The second kappa shape index (κ2) is 5.20. The zero-order valence-electron chi connectivity index (χ0n) is 11.7. The number of nitriles is 1.